The maximum absolute atomic E-state index is 12.3. The number of amides is 1. The number of fused-ring (bicyclic) bond motifs is 1. The molecule has 7 heteroatoms. The van der Waals surface area contributed by atoms with Gasteiger partial charge in [-0.3, -0.25) is 9.20 Å². The van der Waals surface area contributed by atoms with E-state index in [0.717, 1.165) is 5.65 Å². The Bertz CT molecular complexity index is 809. The highest BCUT2D eigenvalue weighted by Gasteiger charge is 2.25. The lowest BCUT2D eigenvalue weighted by Gasteiger charge is -2.20. The van der Waals surface area contributed by atoms with Crippen LogP contribution in [0.2, 0.25) is 0 Å². The van der Waals surface area contributed by atoms with Gasteiger partial charge in [0.15, 0.2) is 21.9 Å². The van der Waals surface area contributed by atoms with E-state index in [9.17, 15) is 4.79 Å². The second-order valence-corrected chi connectivity index (χ2v) is 6.07. The van der Waals surface area contributed by atoms with Gasteiger partial charge in [0.05, 0.1) is 6.04 Å². The van der Waals surface area contributed by atoms with Gasteiger partial charge in [0.2, 0.25) is 0 Å². The standard InChI is InChI=1S/C15H15BrN4O2/c1-9(2)13(17-15(21)10-6-7-11(16)22-10)14-19-18-12-5-3-4-8-20(12)14/h3-9,13H,1-2H3,(H,17,21). The molecule has 114 valence electrons. The van der Waals surface area contributed by atoms with Gasteiger partial charge < -0.3 is 9.73 Å². The average molecular weight is 363 g/mol. The van der Waals surface area contributed by atoms with Crippen molar-refractivity contribution in [2.24, 2.45) is 5.92 Å². The molecule has 3 aromatic heterocycles. The molecule has 0 aliphatic heterocycles. The number of carbonyl (C=O) groups is 1. The zero-order chi connectivity index (χ0) is 15.7. The Balaban J connectivity index is 1.92. The van der Waals surface area contributed by atoms with E-state index in [4.69, 9.17) is 4.42 Å². The fraction of sp³-hybridized carbons (Fsp3) is 0.267. The lowest BCUT2D eigenvalue weighted by molar-refractivity contribution is 0.0893. The summed E-state index contributed by atoms with van der Waals surface area (Å²) in [5.74, 6) is 0.822. The molecule has 1 amide bonds. The van der Waals surface area contributed by atoms with E-state index >= 15 is 0 Å². The van der Waals surface area contributed by atoms with Crippen LogP contribution in [0.5, 0.6) is 0 Å². The molecule has 0 spiro atoms. The van der Waals surface area contributed by atoms with Crippen LogP contribution in [-0.2, 0) is 0 Å². The number of pyridine rings is 1. The average Bonchev–Trinajstić information content (AvgIpc) is 3.10. The molecule has 1 atom stereocenters. The van der Waals surface area contributed by atoms with Crippen LogP contribution in [-0.4, -0.2) is 20.5 Å². The maximum atomic E-state index is 12.3. The van der Waals surface area contributed by atoms with E-state index in [0.29, 0.717) is 10.5 Å². The Morgan fingerprint density at radius 2 is 2.09 bits per heavy atom. The summed E-state index contributed by atoms with van der Waals surface area (Å²) in [6.07, 6.45) is 1.88. The largest absolute Gasteiger partial charge is 0.444 e. The van der Waals surface area contributed by atoms with Crippen LogP contribution in [0.15, 0.2) is 45.6 Å². The first kappa shape index (κ1) is 14.8. The lowest BCUT2D eigenvalue weighted by atomic mass is 10.0. The minimum absolute atomic E-state index is 0.148. The molecule has 3 heterocycles. The van der Waals surface area contributed by atoms with Crippen molar-refractivity contribution >= 4 is 27.5 Å². The summed E-state index contributed by atoms with van der Waals surface area (Å²) < 4.78 is 7.69. The molecule has 0 fully saturated rings. The predicted molar refractivity (Wildman–Crippen MR) is 84.4 cm³/mol. The van der Waals surface area contributed by atoms with Crippen molar-refractivity contribution in [2.45, 2.75) is 19.9 Å². The highest BCUT2D eigenvalue weighted by atomic mass is 79.9. The van der Waals surface area contributed by atoms with Crippen LogP contribution in [0, 0.1) is 5.92 Å². The van der Waals surface area contributed by atoms with Crippen molar-refractivity contribution in [3.63, 3.8) is 0 Å². The van der Waals surface area contributed by atoms with E-state index < -0.39 is 0 Å². The van der Waals surface area contributed by atoms with Gasteiger partial charge in [-0.25, -0.2) is 0 Å². The van der Waals surface area contributed by atoms with Crippen molar-refractivity contribution in [1.82, 2.24) is 19.9 Å². The van der Waals surface area contributed by atoms with E-state index in [-0.39, 0.29) is 23.6 Å². The van der Waals surface area contributed by atoms with Crippen molar-refractivity contribution in [1.29, 1.82) is 0 Å². The van der Waals surface area contributed by atoms with E-state index in [1.165, 1.54) is 0 Å². The SMILES string of the molecule is CC(C)C(NC(=O)c1ccc(Br)o1)c1nnc2ccccn12. The zero-order valence-corrected chi connectivity index (χ0v) is 13.7. The van der Waals surface area contributed by atoms with E-state index in [2.05, 4.69) is 31.4 Å². The molecule has 0 bridgehead atoms. The first-order valence-corrected chi connectivity index (χ1v) is 7.71. The minimum atomic E-state index is -0.280. The van der Waals surface area contributed by atoms with Crippen LogP contribution in [0.3, 0.4) is 0 Å². The molecule has 0 aliphatic rings. The fourth-order valence-corrected chi connectivity index (χ4v) is 2.56. The molecular weight excluding hydrogens is 348 g/mol. The Morgan fingerprint density at radius 1 is 1.27 bits per heavy atom. The van der Waals surface area contributed by atoms with Gasteiger partial charge in [-0.2, -0.15) is 0 Å². The second-order valence-electron chi connectivity index (χ2n) is 5.29. The third-order valence-electron chi connectivity index (χ3n) is 3.37. The molecular formula is C15H15BrN4O2. The summed E-state index contributed by atoms with van der Waals surface area (Å²) in [6, 6.07) is 8.72. The third kappa shape index (κ3) is 2.76. The van der Waals surface area contributed by atoms with Crippen LogP contribution < -0.4 is 5.32 Å². The molecule has 0 aromatic carbocycles. The number of furan rings is 1. The van der Waals surface area contributed by atoms with Crippen molar-refractivity contribution < 1.29 is 9.21 Å². The summed E-state index contributed by atoms with van der Waals surface area (Å²) in [7, 11) is 0. The Kier molecular flexibility index (Phi) is 3.98. The van der Waals surface area contributed by atoms with Crippen LogP contribution >= 0.6 is 15.9 Å². The molecule has 0 aliphatic carbocycles. The first-order chi connectivity index (χ1) is 10.6. The number of aromatic nitrogens is 3. The molecule has 22 heavy (non-hydrogen) atoms. The summed E-state index contributed by atoms with van der Waals surface area (Å²) in [4.78, 5) is 12.3. The van der Waals surface area contributed by atoms with E-state index in [1.54, 1.807) is 12.1 Å². The number of nitrogens with zero attached hydrogens (tertiary/aromatic N) is 3. The third-order valence-corrected chi connectivity index (χ3v) is 3.79. The molecule has 3 aromatic rings. The zero-order valence-electron chi connectivity index (χ0n) is 12.2. The van der Waals surface area contributed by atoms with Crippen LogP contribution in [0.4, 0.5) is 0 Å². The number of halogens is 1. The quantitative estimate of drug-likeness (QED) is 0.773. The smallest absolute Gasteiger partial charge is 0.287 e. The van der Waals surface area contributed by atoms with E-state index in [1.807, 2.05) is 42.6 Å². The number of carbonyl (C=O) groups excluding carboxylic acids is 1. The maximum Gasteiger partial charge on any atom is 0.287 e. The molecule has 6 nitrogen and oxygen atoms in total. The lowest BCUT2D eigenvalue weighted by Crippen LogP contribution is -2.32. The highest BCUT2D eigenvalue weighted by molar-refractivity contribution is 9.10. The number of nitrogens with one attached hydrogen (secondary N) is 1. The topological polar surface area (TPSA) is 72.4 Å². The first-order valence-electron chi connectivity index (χ1n) is 6.92. The normalized spacial score (nSPS) is 12.7. The molecule has 3 rings (SSSR count). The summed E-state index contributed by atoms with van der Waals surface area (Å²) in [5.41, 5.74) is 0.748. The monoisotopic (exact) mass is 362 g/mol. The molecule has 0 saturated carbocycles. The molecule has 1 unspecified atom stereocenters. The van der Waals surface area contributed by atoms with Crippen molar-refractivity contribution in [3.8, 4) is 0 Å². The Hall–Kier alpha value is -2.15. The van der Waals surface area contributed by atoms with Gasteiger partial charge in [-0.05, 0) is 46.1 Å². The van der Waals surface area contributed by atoms with Crippen molar-refractivity contribution in [2.75, 3.05) is 0 Å². The fourth-order valence-electron chi connectivity index (χ4n) is 2.25. The van der Waals surface area contributed by atoms with Gasteiger partial charge in [-0.15, -0.1) is 10.2 Å². The highest BCUT2D eigenvalue weighted by Crippen LogP contribution is 2.22. The number of rotatable bonds is 4. The Morgan fingerprint density at radius 3 is 2.77 bits per heavy atom. The van der Waals surface area contributed by atoms with Crippen LogP contribution in [0.1, 0.15) is 36.3 Å². The molecule has 1 N–H and O–H groups in total. The Labute approximate surface area is 135 Å². The summed E-state index contributed by atoms with van der Waals surface area (Å²) >= 11 is 3.19. The van der Waals surface area contributed by atoms with Gasteiger partial charge in [-0.1, -0.05) is 19.9 Å². The summed E-state index contributed by atoms with van der Waals surface area (Å²) in [5, 5.41) is 11.3. The molecule has 0 radical (unpaired) electrons. The summed E-state index contributed by atoms with van der Waals surface area (Å²) in [6.45, 7) is 4.04. The minimum Gasteiger partial charge on any atom is -0.444 e. The van der Waals surface area contributed by atoms with Gasteiger partial charge in [0.25, 0.3) is 5.91 Å². The predicted octanol–water partition coefficient (Wildman–Crippen LogP) is 3.21. The number of hydrogen-bond acceptors (Lipinski definition) is 4. The number of hydrogen-bond donors (Lipinski definition) is 1. The second kappa shape index (κ2) is 5.92. The van der Waals surface area contributed by atoms with Gasteiger partial charge in [0, 0.05) is 6.20 Å². The van der Waals surface area contributed by atoms with Gasteiger partial charge in [0.1, 0.15) is 0 Å². The molecule has 0 saturated heterocycles. The van der Waals surface area contributed by atoms with Crippen LogP contribution in [0.25, 0.3) is 5.65 Å². The van der Waals surface area contributed by atoms with Crippen molar-refractivity contribution in [3.05, 3.63) is 52.8 Å². The van der Waals surface area contributed by atoms with Gasteiger partial charge >= 0.3 is 0 Å².